The van der Waals surface area contributed by atoms with Crippen molar-refractivity contribution in [1.82, 2.24) is 0 Å². The summed E-state index contributed by atoms with van der Waals surface area (Å²) in [5.41, 5.74) is 0.576. The van der Waals surface area contributed by atoms with Crippen LogP contribution in [-0.2, 0) is 0 Å². The maximum atomic E-state index is 2.35. The van der Waals surface area contributed by atoms with Gasteiger partial charge in [-0.15, -0.1) is 0 Å². The van der Waals surface area contributed by atoms with Crippen molar-refractivity contribution in [1.29, 1.82) is 0 Å². The molecule has 0 radical (unpaired) electrons. The van der Waals surface area contributed by atoms with E-state index >= 15 is 0 Å². The number of rotatable bonds is 0. The highest BCUT2D eigenvalue weighted by molar-refractivity contribution is 4.84. The molecule has 0 bridgehead atoms. The minimum atomic E-state index is 0. The lowest BCUT2D eigenvalue weighted by Gasteiger charge is -2.42. The fourth-order valence-electron chi connectivity index (χ4n) is 1.61. The Morgan fingerprint density at radius 3 is 1.60 bits per heavy atom. The lowest BCUT2D eigenvalue weighted by molar-refractivity contribution is 0.0864. The molecule has 1 aliphatic carbocycles. The third-order valence-corrected chi connectivity index (χ3v) is 2.60. The van der Waals surface area contributed by atoms with Crippen LogP contribution in [0.3, 0.4) is 0 Å². The van der Waals surface area contributed by atoms with E-state index in [-0.39, 0.29) is 7.43 Å². The van der Waals surface area contributed by atoms with Gasteiger partial charge in [-0.2, -0.15) is 0 Å². The van der Waals surface area contributed by atoms with Crippen molar-refractivity contribution in [3.8, 4) is 0 Å². The Morgan fingerprint density at radius 2 is 1.50 bits per heavy atom. The Balaban J connectivity index is 0.000000810. The highest BCUT2D eigenvalue weighted by atomic mass is 14.4. The molecule has 62 valence electrons. The molecule has 0 spiro atoms. The van der Waals surface area contributed by atoms with Gasteiger partial charge in [0.2, 0.25) is 0 Å². The van der Waals surface area contributed by atoms with Gasteiger partial charge in [0.05, 0.1) is 0 Å². The molecule has 0 N–H and O–H groups in total. The minimum absolute atomic E-state index is 0. The van der Waals surface area contributed by atoms with E-state index in [2.05, 4.69) is 27.7 Å². The summed E-state index contributed by atoms with van der Waals surface area (Å²) in [6, 6.07) is 0. The van der Waals surface area contributed by atoms with E-state index in [1.54, 1.807) is 0 Å². The first-order valence-corrected chi connectivity index (χ1v) is 4.00. The second-order valence-electron chi connectivity index (χ2n) is 4.64. The quantitative estimate of drug-likeness (QED) is 0.483. The van der Waals surface area contributed by atoms with Crippen LogP contribution in [-0.4, -0.2) is 0 Å². The molecule has 0 heteroatoms. The van der Waals surface area contributed by atoms with E-state index in [0.29, 0.717) is 5.41 Å². The van der Waals surface area contributed by atoms with Gasteiger partial charge < -0.3 is 0 Å². The molecule has 0 nitrogen and oxygen atoms in total. The van der Waals surface area contributed by atoms with Crippen LogP contribution in [0, 0.1) is 17.3 Å². The van der Waals surface area contributed by atoms with E-state index in [1.165, 1.54) is 12.8 Å². The van der Waals surface area contributed by atoms with Crippen LogP contribution in [0.25, 0.3) is 0 Å². The first-order chi connectivity index (χ1) is 4.00. The SMILES string of the molecule is C.CC1CC(C(C)(C)C)C1. The summed E-state index contributed by atoms with van der Waals surface area (Å²) < 4.78 is 0. The number of hydrogen-bond donors (Lipinski definition) is 0. The molecule has 10 heavy (non-hydrogen) atoms. The Kier molecular flexibility index (Phi) is 2.94. The van der Waals surface area contributed by atoms with Crippen LogP contribution in [0.15, 0.2) is 0 Å². The molecule has 1 aliphatic rings. The van der Waals surface area contributed by atoms with Gasteiger partial charge in [-0.3, -0.25) is 0 Å². The zero-order valence-corrected chi connectivity index (χ0v) is 7.07. The molecule has 0 amide bonds. The fourth-order valence-corrected chi connectivity index (χ4v) is 1.61. The zero-order valence-electron chi connectivity index (χ0n) is 7.07. The largest absolute Gasteiger partial charge is 0.0776 e. The molecule has 1 saturated carbocycles. The summed E-state index contributed by atoms with van der Waals surface area (Å²) in [6.45, 7) is 9.40. The lowest BCUT2D eigenvalue weighted by Crippen LogP contribution is -2.32. The molecule has 0 heterocycles. The Labute approximate surface area is 66.0 Å². The molecule has 0 aromatic carbocycles. The van der Waals surface area contributed by atoms with Gasteiger partial charge in [-0.05, 0) is 30.1 Å². The highest BCUT2D eigenvalue weighted by Crippen LogP contribution is 2.44. The van der Waals surface area contributed by atoms with Crippen molar-refractivity contribution in [3.63, 3.8) is 0 Å². The van der Waals surface area contributed by atoms with Crippen molar-refractivity contribution in [2.24, 2.45) is 17.3 Å². The maximum Gasteiger partial charge on any atom is -0.0354 e. The summed E-state index contributed by atoms with van der Waals surface area (Å²) >= 11 is 0. The molecule has 0 unspecified atom stereocenters. The minimum Gasteiger partial charge on any atom is -0.0776 e. The molecule has 0 aliphatic heterocycles. The van der Waals surface area contributed by atoms with Crippen molar-refractivity contribution in [2.75, 3.05) is 0 Å². The van der Waals surface area contributed by atoms with E-state index in [9.17, 15) is 0 Å². The molecule has 0 aromatic heterocycles. The molecule has 0 saturated heterocycles. The summed E-state index contributed by atoms with van der Waals surface area (Å²) in [5, 5.41) is 0. The van der Waals surface area contributed by atoms with E-state index < -0.39 is 0 Å². The van der Waals surface area contributed by atoms with Crippen molar-refractivity contribution >= 4 is 0 Å². The highest BCUT2D eigenvalue weighted by Gasteiger charge is 2.34. The van der Waals surface area contributed by atoms with Crippen LogP contribution >= 0.6 is 0 Å². The predicted octanol–water partition coefficient (Wildman–Crippen LogP) is 3.71. The van der Waals surface area contributed by atoms with Gasteiger partial charge in [-0.1, -0.05) is 35.1 Å². The summed E-state index contributed by atoms with van der Waals surface area (Å²) in [7, 11) is 0. The van der Waals surface area contributed by atoms with Gasteiger partial charge in [0.1, 0.15) is 0 Å². The van der Waals surface area contributed by atoms with Crippen LogP contribution in [0.1, 0.15) is 48.0 Å². The molecule has 0 atom stereocenters. The second kappa shape index (κ2) is 2.94. The van der Waals surface area contributed by atoms with Gasteiger partial charge in [0, 0.05) is 0 Å². The molecular weight excluding hydrogens is 120 g/mol. The van der Waals surface area contributed by atoms with Crippen LogP contribution in [0.2, 0.25) is 0 Å². The van der Waals surface area contributed by atoms with Crippen LogP contribution < -0.4 is 0 Å². The fraction of sp³-hybridized carbons (Fsp3) is 1.00. The normalized spacial score (nSPS) is 32.4. The van der Waals surface area contributed by atoms with E-state index in [4.69, 9.17) is 0 Å². The van der Waals surface area contributed by atoms with Gasteiger partial charge in [0.15, 0.2) is 0 Å². The average molecular weight is 142 g/mol. The summed E-state index contributed by atoms with van der Waals surface area (Å²) in [4.78, 5) is 0. The zero-order chi connectivity index (χ0) is 7.07. The lowest BCUT2D eigenvalue weighted by atomic mass is 9.64. The molecule has 0 aromatic rings. The van der Waals surface area contributed by atoms with Crippen molar-refractivity contribution in [3.05, 3.63) is 0 Å². The molecule has 1 rings (SSSR count). The Morgan fingerprint density at radius 1 is 1.10 bits per heavy atom. The summed E-state index contributed by atoms with van der Waals surface area (Å²) in [6.07, 6.45) is 2.92. The van der Waals surface area contributed by atoms with Gasteiger partial charge in [-0.25, -0.2) is 0 Å². The van der Waals surface area contributed by atoms with E-state index in [0.717, 1.165) is 11.8 Å². The van der Waals surface area contributed by atoms with E-state index in [1.807, 2.05) is 0 Å². The van der Waals surface area contributed by atoms with Crippen molar-refractivity contribution in [2.45, 2.75) is 48.0 Å². The van der Waals surface area contributed by atoms with Crippen LogP contribution in [0.5, 0.6) is 0 Å². The maximum absolute atomic E-state index is 2.35. The Hall–Kier alpha value is 0. The average Bonchev–Trinajstić information content (AvgIpc) is 1.55. The first kappa shape index (κ1) is 10.0. The van der Waals surface area contributed by atoms with Gasteiger partial charge in [0.25, 0.3) is 0 Å². The molecule has 1 fully saturated rings. The van der Waals surface area contributed by atoms with Gasteiger partial charge >= 0.3 is 0 Å². The number of hydrogen-bond acceptors (Lipinski definition) is 0. The van der Waals surface area contributed by atoms with Crippen LogP contribution in [0.4, 0.5) is 0 Å². The topological polar surface area (TPSA) is 0 Å². The predicted molar refractivity (Wildman–Crippen MR) is 48.1 cm³/mol. The third kappa shape index (κ3) is 2.00. The monoisotopic (exact) mass is 142 g/mol. The standard InChI is InChI=1S/C9H18.CH4/c1-7-5-8(6-7)9(2,3)4;/h7-8H,5-6H2,1-4H3;1H4. The first-order valence-electron chi connectivity index (χ1n) is 4.00. The second-order valence-corrected chi connectivity index (χ2v) is 4.64. The summed E-state index contributed by atoms with van der Waals surface area (Å²) in [5.74, 6) is 2.02. The van der Waals surface area contributed by atoms with Crippen molar-refractivity contribution < 1.29 is 0 Å². The third-order valence-electron chi connectivity index (χ3n) is 2.60. The molecular formula is C10H22. The Bertz CT molecular complexity index is 91.1. The smallest absolute Gasteiger partial charge is 0.0354 e.